The number of nitrogens with zero attached hydrogens (tertiary/aromatic N) is 4. The summed E-state index contributed by atoms with van der Waals surface area (Å²) in [6.45, 7) is 8.13. The van der Waals surface area contributed by atoms with Crippen LogP contribution in [-0.4, -0.2) is 20.3 Å². The molecule has 0 N–H and O–H groups in total. The zero-order valence-electron chi connectivity index (χ0n) is 16.1. The maximum atomic E-state index is 12.8. The minimum Gasteiger partial charge on any atom is -0.319 e. The lowest BCUT2D eigenvalue weighted by atomic mass is 10.1. The summed E-state index contributed by atoms with van der Waals surface area (Å²) in [5.41, 5.74) is 3.82. The molecule has 0 aliphatic heterocycles. The van der Waals surface area contributed by atoms with Crippen molar-refractivity contribution in [1.82, 2.24) is 14.3 Å². The first kappa shape index (κ1) is 18.6. The van der Waals surface area contributed by atoms with E-state index in [1.54, 1.807) is 16.0 Å². The number of hydrogen-bond acceptors (Lipinski definition) is 3. The molecule has 26 heavy (non-hydrogen) atoms. The second-order valence-electron chi connectivity index (χ2n) is 6.98. The van der Waals surface area contributed by atoms with Crippen LogP contribution in [-0.2, 0) is 13.5 Å². The number of unbranched alkanes of at least 4 members (excludes halogenated alkanes) is 1. The van der Waals surface area contributed by atoms with Gasteiger partial charge < -0.3 is 4.57 Å². The summed E-state index contributed by atoms with van der Waals surface area (Å²) in [6, 6.07) is 8.45. The van der Waals surface area contributed by atoms with E-state index in [0.717, 1.165) is 17.6 Å². The highest BCUT2D eigenvalue weighted by Crippen LogP contribution is 2.20. The molecule has 6 heteroatoms. The number of carbonyl (C=O) groups is 1. The predicted molar refractivity (Wildman–Crippen MR) is 107 cm³/mol. The Morgan fingerprint density at radius 1 is 1.31 bits per heavy atom. The summed E-state index contributed by atoms with van der Waals surface area (Å²) in [4.78, 5) is 17.9. The van der Waals surface area contributed by atoms with Gasteiger partial charge in [-0.3, -0.25) is 9.48 Å². The van der Waals surface area contributed by atoms with Crippen LogP contribution in [0.5, 0.6) is 0 Å². The standard InChI is InChI=1S/C20H26N4OS/c1-6-7-8-15-9-10-16-18(12-15)26-20(23(16)5)21-19(25)17-11-14(4)22-24(17)13(2)3/h9-13H,6-8H2,1-5H3. The molecule has 0 saturated heterocycles. The molecule has 3 aromatic rings. The Hall–Kier alpha value is -2.21. The molecule has 0 bridgehead atoms. The van der Waals surface area contributed by atoms with E-state index in [2.05, 4.69) is 35.2 Å². The Morgan fingerprint density at radius 2 is 2.08 bits per heavy atom. The van der Waals surface area contributed by atoms with Crippen LogP contribution >= 0.6 is 11.3 Å². The van der Waals surface area contributed by atoms with Crippen LogP contribution in [0.25, 0.3) is 10.2 Å². The number of hydrogen-bond donors (Lipinski definition) is 0. The molecule has 2 heterocycles. The van der Waals surface area contributed by atoms with E-state index in [4.69, 9.17) is 0 Å². The fourth-order valence-electron chi connectivity index (χ4n) is 3.04. The highest BCUT2D eigenvalue weighted by molar-refractivity contribution is 7.16. The Morgan fingerprint density at radius 3 is 2.77 bits per heavy atom. The number of benzene rings is 1. The maximum Gasteiger partial charge on any atom is 0.297 e. The molecule has 0 aliphatic carbocycles. The third kappa shape index (κ3) is 3.65. The monoisotopic (exact) mass is 370 g/mol. The second kappa shape index (κ2) is 7.58. The normalized spacial score (nSPS) is 12.5. The molecule has 0 unspecified atom stereocenters. The summed E-state index contributed by atoms with van der Waals surface area (Å²) >= 11 is 1.56. The fourth-order valence-corrected chi connectivity index (χ4v) is 4.12. The summed E-state index contributed by atoms with van der Waals surface area (Å²) in [6.07, 6.45) is 3.47. The molecule has 5 nitrogen and oxygen atoms in total. The van der Waals surface area contributed by atoms with Gasteiger partial charge in [-0.1, -0.05) is 30.7 Å². The van der Waals surface area contributed by atoms with E-state index in [1.165, 1.54) is 23.1 Å². The molecular weight excluding hydrogens is 344 g/mol. The minimum absolute atomic E-state index is 0.120. The van der Waals surface area contributed by atoms with Crippen molar-refractivity contribution in [3.05, 3.63) is 46.0 Å². The van der Waals surface area contributed by atoms with Crippen LogP contribution in [0.2, 0.25) is 0 Å². The van der Waals surface area contributed by atoms with Crippen molar-refractivity contribution in [2.75, 3.05) is 0 Å². The van der Waals surface area contributed by atoms with Gasteiger partial charge in [0, 0.05) is 13.1 Å². The van der Waals surface area contributed by atoms with E-state index in [1.807, 2.05) is 38.5 Å². The third-order valence-electron chi connectivity index (χ3n) is 4.46. The van der Waals surface area contributed by atoms with Crippen LogP contribution < -0.4 is 4.80 Å². The summed E-state index contributed by atoms with van der Waals surface area (Å²) < 4.78 is 4.91. The van der Waals surface area contributed by atoms with E-state index in [9.17, 15) is 4.79 Å². The highest BCUT2D eigenvalue weighted by Gasteiger charge is 2.16. The number of amides is 1. The van der Waals surface area contributed by atoms with Gasteiger partial charge in [0.25, 0.3) is 5.91 Å². The first-order valence-electron chi connectivity index (χ1n) is 9.14. The number of carbonyl (C=O) groups excluding carboxylic acids is 1. The average molecular weight is 371 g/mol. The number of thiazole rings is 1. The molecule has 0 saturated carbocycles. The van der Waals surface area contributed by atoms with Crippen molar-refractivity contribution in [2.24, 2.45) is 12.0 Å². The molecule has 2 aromatic heterocycles. The van der Waals surface area contributed by atoms with Gasteiger partial charge in [-0.2, -0.15) is 10.1 Å². The van der Waals surface area contributed by atoms with Gasteiger partial charge in [-0.15, -0.1) is 0 Å². The molecule has 0 radical (unpaired) electrons. The molecule has 0 spiro atoms. The SMILES string of the molecule is CCCCc1ccc2c(c1)sc(=NC(=O)c1cc(C)nn1C(C)C)n2C. The lowest BCUT2D eigenvalue weighted by Crippen LogP contribution is -2.16. The van der Waals surface area contributed by atoms with Crippen molar-refractivity contribution >= 4 is 27.5 Å². The Kier molecular flexibility index (Phi) is 5.41. The van der Waals surface area contributed by atoms with Gasteiger partial charge in [0.1, 0.15) is 5.69 Å². The summed E-state index contributed by atoms with van der Waals surface area (Å²) in [5, 5.41) is 4.41. The topological polar surface area (TPSA) is 52.2 Å². The van der Waals surface area contributed by atoms with E-state index >= 15 is 0 Å². The van der Waals surface area contributed by atoms with E-state index < -0.39 is 0 Å². The summed E-state index contributed by atoms with van der Waals surface area (Å²) in [5.74, 6) is -0.243. The lowest BCUT2D eigenvalue weighted by molar-refractivity contribution is 0.0986. The van der Waals surface area contributed by atoms with Gasteiger partial charge in [0.2, 0.25) is 0 Å². The second-order valence-corrected chi connectivity index (χ2v) is 7.98. The van der Waals surface area contributed by atoms with Gasteiger partial charge in [0.05, 0.1) is 15.9 Å². The number of aryl methyl sites for hydroxylation is 3. The van der Waals surface area contributed by atoms with Crippen molar-refractivity contribution in [3.8, 4) is 0 Å². The predicted octanol–water partition coefficient (Wildman–Crippen LogP) is 4.41. The van der Waals surface area contributed by atoms with Crippen LogP contribution in [0.4, 0.5) is 0 Å². The van der Waals surface area contributed by atoms with Gasteiger partial charge >= 0.3 is 0 Å². The van der Waals surface area contributed by atoms with Crippen molar-refractivity contribution in [3.63, 3.8) is 0 Å². The van der Waals surface area contributed by atoms with Crippen molar-refractivity contribution in [2.45, 2.75) is 53.0 Å². The smallest absolute Gasteiger partial charge is 0.297 e. The Bertz CT molecular complexity index is 1010. The fraction of sp³-hybridized carbons (Fsp3) is 0.450. The van der Waals surface area contributed by atoms with Gasteiger partial charge in [-0.25, -0.2) is 0 Å². The molecule has 0 fully saturated rings. The average Bonchev–Trinajstić information content (AvgIpc) is 3.14. The zero-order valence-corrected chi connectivity index (χ0v) is 16.9. The zero-order chi connectivity index (χ0) is 18.8. The van der Waals surface area contributed by atoms with Gasteiger partial charge in [-0.05, 0) is 57.4 Å². The minimum atomic E-state index is -0.243. The van der Waals surface area contributed by atoms with Crippen molar-refractivity contribution < 1.29 is 4.79 Å². The first-order chi connectivity index (χ1) is 12.4. The molecule has 1 amide bonds. The maximum absolute atomic E-state index is 12.8. The highest BCUT2D eigenvalue weighted by atomic mass is 32.1. The van der Waals surface area contributed by atoms with Crippen molar-refractivity contribution in [1.29, 1.82) is 0 Å². The van der Waals surface area contributed by atoms with Crippen LogP contribution in [0.3, 0.4) is 0 Å². The van der Waals surface area contributed by atoms with Crippen LogP contribution in [0.15, 0.2) is 29.3 Å². The van der Waals surface area contributed by atoms with Gasteiger partial charge in [0.15, 0.2) is 4.80 Å². The molecule has 0 atom stereocenters. The largest absolute Gasteiger partial charge is 0.319 e. The molecule has 3 rings (SSSR count). The van der Waals surface area contributed by atoms with Crippen LogP contribution in [0.1, 0.15) is 61.4 Å². The summed E-state index contributed by atoms with van der Waals surface area (Å²) in [7, 11) is 1.96. The Balaban J connectivity index is 2.01. The van der Waals surface area contributed by atoms with Crippen LogP contribution in [0, 0.1) is 6.92 Å². The number of fused-ring (bicyclic) bond motifs is 1. The number of aromatic nitrogens is 3. The molecule has 138 valence electrons. The third-order valence-corrected chi connectivity index (χ3v) is 5.55. The number of rotatable bonds is 5. The molecular formula is C20H26N4OS. The van der Waals surface area contributed by atoms with E-state index in [-0.39, 0.29) is 11.9 Å². The Labute approximate surface area is 158 Å². The first-order valence-corrected chi connectivity index (χ1v) is 9.96. The molecule has 0 aliphatic rings. The molecule has 1 aromatic carbocycles. The lowest BCUT2D eigenvalue weighted by Gasteiger charge is -2.07. The van der Waals surface area contributed by atoms with E-state index in [0.29, 0.717) is 10.5 Å². The quantitative estimate of drug-likeness (QED) is 0.668.